The fraction of sp³-hybridized carbons (Fsp3) is 0.471. The smallest absolute Gasteiger partial charge is 0.230 e. The Morgan fingerprint density at radius 2 is 2.10 bits per heavy atom. The van der Waals surface area contributed by atoms with Gasteiger partial charge < -0.3 is 11.1 Å². The van der Waals surface area contributed by atoms with Crippen molar-refractivity contribution < 1.29 is 4.79 Å². The third-order valence-electron chi connectivity index (χ3n) is 4.06. The summed E-state index contributed by atoms with van der Waals surface area (Å²) in [5.74, 6) is 5.83. The van der Waals surface area contributed by atoms with Crippen molar-refractivity contribution in [2.45, 2.75) is 39.0 Å². The molecule has 1 aromatic rings. The summed E-state index contributed by atoms with van der Waals surface area (Å²) >= 11 is 6.00. The van der Waals surface area contributed by atoms with E-state index in [0.717, 1.165) is 25.7 Å². The van der Waals surface area contributed by atoms with Crippen LogP contribution in [0.2, 0.25) is 5.02 Å². The van der Waals surface area contributed by atoms with E-state index in [-0.39, 0.29) is 17.9 Å². The van der Waals surface area contributed by atoms with Crippen LogP contribution in [0.25, 0.3) is 0 Å². The summed E-state index contributed by atoms with van der Waals surface area (Å²) in [7, 11) is 0. The summed E-state index contributed by atoms with van der Waals surface area (Å²) < 4.78 is 0. The Labute approximate surface area is 131 Å². The maximum absolute atomic E-state index is 12.6. The first-order valence-electron chi connectivity index (χ1n) is 7.35. The van der Waals surface area contributed by atoms with Gasteiger partial charge in [-0.15, -0.1) is 0 Å². The van der Waals surface area contributed by atoms with E-state index in [1.807, 2.05) is 6.92 Å². The van der Waals surface area contributed by atoms with E-state index in [1.54, 1.807) is 18.2 Å². The molecule has 112 valence electrons. The number of amides is 1. The Hall–Kier alpha value is -1.50. The SMILES string of the molecule is CC1(C(=O)Nc2ccc(Cl)cc2C#CCN)CCCCC1. The molecule has 1 aromatic carbocycles. The van der Waals surface area contributed by atoms with Gasteiger partial charge in [0.2, 0.25) is 5.91 Å². The lowest BCUT2D eigenvalue weighted by molar-refractivity contribution is -0.126. The van der Waals surface area contributed by atoms with Crippen LogP contribution in [0.3, 0.4) is 0 Å². The zero-order valence-corrected chi connectivity index (χ0v) is 13.1. The highest BCUT2D eigenvalue weighted by Crippen LogP contribution is 2.37. The van der Waals surface area contributed by atoms with Gasteiger partial charge in [-0.2, -0.15) is 0 Å². The minimum atomic E-state index is -0.281. The molecule has 0 bridgehead atoms. The zero-order valence-electron chi connectivity index (χ0n) is 12.3. The van der Waals surface area contributed by atoms with E-state index in [9.17, 15) is 4.79 Å². The minimum Gasteiger partial charge on any atom is -0.324 e. The standard InChI is InChI=1S/C17H21ClN2O/c1-17(9-3-2-4-10-17)16(21)20-15-8-7-14(18)12-13(15)6-5-11-19/h7-8,12H,2-4,9-11,19H2,1H3,(H,20,21). The second kappa shape index (κ2) is 6.98. The van der Waals surface area contributed by atoms with Crippen molar-refractivity contribution >= 4 is 23.2 Å². The summed E-state index contributed by atoms with van der Waals surface area (Å²) in [6.07, 6.45) is 5.33. The van der Waals surface area contributed by atoms with Crippen molar-refractivity contribution in [3.8, 4) is 11.8 Å². The molecule has 1 aliphatic rings. The van der Waals surface area contributed by atoms with Crippen LogP contribution in [0.5, 0.6) is 0 Å². The van der Waals surface area contributed by atoms with Crippen LogP contribution in [0, 0.1) is 17.3 Å². The monoisotopic (exact) mass is 304 g/mol. The summed E-state index contributed by atoms with van der Waals surface area (Å²) in [5, 5.41) is 3.61. The molecule has 2 rings (SSSR count). The number of nitrogens with two attached hydrogens (primary N) is 1. The first-order chi connectivity index (χ1) is 10.0. The van der Waals surface area contributed by atoms with Gasteiger partial charge >= 0.3 is 0 Å². The zero-order chi connectivity index (χ0) is 15.3. The lowest BCUT2D eigenvalue weighted by atomic mass is 9.75. The van der Waals surface area contributed by atoms with E-state index < -0.39 is 0 Å². The third-order valence-corrected chi connectivity index (χ3v) is 4.30. The molecule has 3 nitrogen and oxygen atoms in total. The van der Waals surface area contributed by atoms with Gasteiger partial charge in [-0.3, -0.25) is 4.79 Å². The lowest BCUT2D eigenvalue weighted by Crippen LogP contribution is -2.35. The number of anilines is 1. The van der Waals surface area contributed by atoms with Crippen LogP contribution in [0.1, 0.15) is 44.6 Å². The molecule has 4 heteroatoms. The summed E-state index contributed by atoms with van der Waals surface area (Å²) in [4.78, 5) is 12.6. The van der Waals surface area contributed by atoms with E-state index in [4.69, 9.17) is 17.3 Å². The van der Waals surface area contributed by atoms with Gasteiger partial charge in [0.1, 0.15) is 0 Å². The number of nitrogens with one attached hydrogen (secondary N) is 1. The first kappa shape index (κ1) is 15.9. The number of hydrogen-bond acceptors (Lipinski definition) is 2. The molecule has 1 amide bonds. The Morgan fingerprint density at radius 1 is 1.38 bits per heavy atom. The Kier molecular flexibility index (Phi) is 5.27. The number of rotatable bonds is 2. The van der Waals surface area contributed by atoms with Crippen molar-refractivity contribution in [2.24, 2.45) is 11.1 Å². The highest BCUT2D eigenvalue weighted by molar-refractivity contribution is 6.30. The van der Waals surface area contributed by atoms with E-state index in [2.05, 4.69) is 17.2 Å². The van der Waals surface area contributed by atoms with Crippen LogP contribution < -0.4 is 11.1 Å². The maximum Gasteiger partial charge on any atom is 0.230 e. The molecule has 0 saturated heterocycles. The quantitative estimate of drug-likeness (QED) is 0.821. The maximum atomic E-state index is 12.6. The average molecular weight is 305 g/mol. The van der Waals surface area contributed by atoms with Crippen LogP contribution in [0.15, 0.2) is 18.2 Å². The van der Waals surface area contributed by atoms with Crippen LogP contribution in [-0.4, -0.2) is 12.5 Å². The second-order valence-electron chi connectivity index (χ2n) is 5.77. The van der Waals surface area contributed by atoms with Crippen molar-refractivity contribution in [1.29, 1.82) is 0 Å². The van der Waals surface area contributed by atoms with Crippen LogP contribution >= 0.6 is 11.6 Å². The molecule has 0 unspecified atom stereocenters. The van der Waals surface area contributed by atoms with E-state index >= 15 is 0 Å². The number of hydrogen-bond donors (Lipinski definition) is 2. The second-order valence-corrected chi connectivity index (χ2v) is 6.21. The van der Waals surface area contributed by atoms with Gasteiger partial charge in [0.05, 0.1) is 12.2 Å². The number of halogens is 1. The average Bonchev–Trinajstić information content (AvgIpc) is 2.48. The van der Waals surface area contributed by atoms with Gasteiger partial charge in [0.15, 0.2) is 0 Å². The molecule has 0 spiro atoms. The number of carbonyl (C=O) groups excluding carboxylic acids is 1. The molecule has 0 aromatic heterocycles. The highest BCUT2D eigenvalue weighted by atomic mass is 35.5. The largest absolute Gasteiger partial charge is 0.324 e. The molecule has 1 saturated carbocycles. The topological polar surface area (TPSA) is 55.1 Å². The van der Waals surface area contributed by atoms with Gasteiger partial charge in [0, 0.05) is 16.0 Å². The van der Waals surface area contributed by atoms with E-state index in [0.29, 0.717) is 16.3 Å². The predicted octanol–water partition coefficient (Wildman–Crippen LogP) is 3.56. The fourth-order valence-corrected chi connectivity index (χ4v) is 2.88. The van der Waals surface area contributed by atoms with Crippen molar-refractivity contribution in [2.75, 3.05) is 11.9 Å². The summed E-state index contributed by atoms with van der Waals surface area (Å²) in [6.45, 7) is 2.32. The minimum absolute atomic E-state index is 0.0697. The molecule has 0 aliphatic heterocycles. The molecular formula is C17H21ClN2O. The Morgan fingerprint density at radius 3 is 2.76 bits per heavy atom. The van der Waals surface area contributed by atoms with Gasteiger partial charge in [-0.05, 0) is 31.0 Å². The molecular weight excluding hydrogens is 284 g/mol. The normalized spacial score (nSPS) is 16.7. The first-order valence-corrected chi connectivity index (χ1v) is 7.73. The molecule has 0 heterocycles. The van der Waals surface area contributed by atoms with Gasteiger partial charge in [-0.1, -0.05) is 49.6 Å². The highest BCUT2D eigenvalue weighted by Gasteiger charge is 2.34. The van der Waals surface area contributed by atoms with Crippen molar-refractivity contribution in [3.63, 3.8) is 0 Å². The summed E-state index contributed by atoms with van der Waals surface area (Å²) in [5.41, 5.74) is 6.54. The molecule has 1 fully saturated rings. The molecule has 3 N–H and O–H groups in total. The fourth-order valence-electron chi connectivity index (χ4n) is 2.71. The predicted molar refractivity (Wildman–Crippen MR) is 87.2 cm³/mol. The molecule has 0 radical (unpaired) electrons. The molecule has 1 aliphatic carbocycles. The Balaban J connectivity index is 2.20. The lowest BCUT2D eigenvalue weighted by Gasteiger charge is -2.32. The third kappa shape index (κ3) is 4.00. The number of carbonyl (C=O) groups is 1. The van der Waals surface area contributed by atoms with Gasteiger partial charge in [0.25, 0.3) is 0 Å². The van der Waals surface area contributed by atoms with Crippen molar-refractivity contribution in [1.82, 2.24) is 0 Å². The Bertz CT molecular complexity index is 580. The van der Waals surface area contributed by atoms with Crippen molar-refractivity contribution in [3.05, 3.63) is 28.8 Å². The molecule has 21 heavy (non-hydrogen) atoms. The number of benzene rings is 1. The van der Waals surface area contributed by atoms with Gasteiger partial charge in [-0.25, -0.2) is 0 Å². The molecule has 0 atom stereocenters. The summed E-state index contributed by atoms with van der Waals surface area (Å²) in [6, 6.07) is 5.31. The van der Waals surface area contributed by atoms with E-state index in [1.165, 1.54) is 6.42 Å². The van der Waals surface area contributed by atoms with Crippen LogP contribution in [-0.2, 0) is 4.79 Å². The van der Waals surface area contributed by atoms with Crippen LogP contribution in [0.4, 0.5) is 5.69 Å².